The van der Waals surface area contributed by atoms with Crippen molar-refractivity contribution in [3.8, 4) is 0 Å². The molecule has 0 saturated carbocycles. The molecule has 0 fully saturated rings. The first-order chi connectivity index (χ1) is 5.92. The third-order valence-electron chi connectivity index (χ3n) is 2.30. The normalized spacial score (nSPS) is 21.9. The molecule has 3 heteroatoms. The number of nitrogens with one attached hydrogen (secondary N) is 1. The van der Waals surface area contributed by atoms with E-state index in [1.807, 2.05) is 0 Å². The molecular weight excluding hydrogens is 150 g/mol. The van der Waals surface area contributed by atoms with E-state index in [0.29, 0.717) is 6.04 Å². The van der Waals surface area contributed by atoms with E-state index >= 15 is 0 Å². The molecule has 12 heavy (non-hydrogen) atoms. The average molecular weight is 163 g/mol. The van der Waals surface area contributed by atoms with Gasteiger partial charge in [-0.15, -0.1) is 0 Å². The summed E-state index contributed by atoms with van der Waals surface area (Å²) in [6.45, 7) is 3.20. The lowest BCUT2D eigenvalue weighted by Crippen LogP contribution is -2.30. The summed E-state index contributed by atoms with van der Waals surface area (Å²) < 4.78 is 0. The van der Waals surface area contributed by atoms with E-state index in [1.54, 1.807) is 12.4 Å². The maximum atomic E-state index is 4.35. The molecular formula is C9H13N3. The largest absolute Gasteiger partial charge is 0.308 e. The van der Waals surface area contributed by atoms with Crippen molar-refractivity contribution in [2.75, 3.05) is 6.54 Å². The number of hydrogen-bond donors (Lipinski definition) is 1. The van der Waals surface area contributed by atoms with Gasteiger partial charge in [-0.25, -0.2) is 0 Å². The van der Waals surface area contributed by atoms with Gasteiger partial charge in [0.25, 0.3) is 0 Å². The monoisotopic (exact) mass is 163 g/mol. The Morgan fingerprint density at radius 3 is 3.17 bits per heavy atom. The minimum absolute atomic E-state index is 0.419. The second-order valence-corrected chi connectivity index (χ2v) is 3.05. The van der Waals surface area contributed by atoms with Crippen LogP contribution < -0.4 is 5.32 Å². The molecule has 0 aromatic carbocycles. The minimum atomic E-state index is 0.419. The summed E-state index contributed by atoms with van der Waals surface area (Å²) in [5.74, 6) is 0. The smallest absolute Gasteiger partial charge is 0.0788 e. The van der Waals surface area contributed by atoms with Gasteiger partial charge in [0.05, 0.1) is 17.4 Å². The van der Waals surface area contributed by atoms with Crippen molar-refractivity contribution in [1.82, 2.24) is 15.3 Å². The summed E-state index contributed by atoms with van der Waals surface area (Å²) in [6, 6.07) is 0.419. The predicted molar refractivity (Wildman–Crippen MR) is 46.8 cm³/mol. The van der Waals surface area contributed by atoms with Gasteiger partial charge in [-0.2, -0.15) is 0 Å². The van der Waals surface area contributed by atoms with Crippen molar-refractivity contribution < 1.29 is 0 Å². The Hall–Kier alpha value is -0.960. The van der Waals surface area contributed by atoms with E-state index in [-0.39, 0.29) is 0 Å². The quantitative estimate of drug-likeness (QED) is 0.673. The van der Waals surface area contributed by atoms with Crippen LogP contribution in [0.15, 0.2) is 12.4 Å². The Morgan fingerprint density at radius 1 is 1.50 bits per heavy atom. The third kappa shape index (κ3) is 1.20. The second-order valence-electron chi connectivity index (χ2n) is 3.05. The molecule has 0 spiro atoms. The predicted octanol–water partition coefficient (Wildman–Crippen LogP) is 1.07. The molecule has 64 valence electrons. The summed E-state index contributed by atoms with van der Waals surface area (Å²) >= 11 is 0. The number of rotatable bonds is 1. The molecule has 1 aromatic heterocycles. The molecule has 0 radical (unpaired) electrons. The molecule has 3 nitrogen and oxygen atoms in total. The highest BCUT2D eigenvalue weighted by atomic mass is 15.0. The molecule has 1 N–H and O–H groups in total. The fraction of sp³-hybridized carbons (Fsp3) is 0.556. The van der Waals surface area contributed by atoms with Crippen LogP contribution in [0.4, 0.5) is 0 Å². The molecule has 1 aliphatic heterocycles. The Kier molecular flexibility index (Phi) is 2.04. The fourth-order valence-electron chi connectivity index (χ4n) is 1.66. The van der Waals surface area contributed by atoms with Crippen molar-refractivity contribution >= 4 is 0 Å². The molecule has 1 atom stereocenters. The van der Waals surface area contributed by atoms with E-state index in [0.717, 1.165) is 25.1 Å². The van der Waals surface area contributed by atoms with Crippen LogP contribution in [0.2, 0.25) is 0 Å². The first-order valence-electron chi connectivity index (χ1n) is 4.45. The lowest BCUT2D eigenvalue weighted by Gasteiger charge is -2.23. The summed E-state index contributed by atoms with van der Waals surface area (Å²) in [6.07, 6.45) is 5.65. The van der Waals surface area contributed by atoms with Gasteiger partial charge in [-0.1, -0.05) is 6.92 Å². The van der Waals surface area contributed by atoms with Crippen LogP contribution in [-0.2, 0) is 6.42 Å². The van der Waals surface area contributed by atoms with E-state index in [2.05, 4.69) is 22.2 Å². The molecule has 2 rings (SSSR count). The van der Waals surface area contributed by atoms with Gasteiger partial charge in [0.15, 0.2) is 0 Å². The van der Waals surface area contributed by atoms with Crippen LogP contribution in [0.5, 0.6) is 0 Å². The lowest BCUT2D eigenvalue weighted by molar-refractivity contribution is 0.472. The standard InChI is InChI=1S/C9H13N3/c1-2-7-9-8(3-4-10-7)11-5-6-12-9/h5-7,10H,2-4H2,1H3/t7-/m0/s1. The first kappa shape index (κ1) is 7.68. The van der Waals surface area contributed by atoms with Crippen LogP contribution in [0.3, 0.4) is 0 Å². The van der Waals surface area contributed by atoms with Gasteiger partial charge in [-0.3, -0.25) is 9.97 Å². The van der Waals surface area contributed by atoms with Crippen molar-refractivity contribution in [2.45, 2.75) is 25.8 Å². The number of nitrogens with zero attached hydrogens (tertiary/aromatic N) is 2. The van der Waals surface area contributed by atoms with Crippen LogP contribution in [0.25, 0.3) is 0 Å². The first-order valence-corrected chi connectivity index (χ1v) is 4.45. The summed E-state index contributed by atoms with van der Waals surface area (Å²) in [5.41, 5.74) is 2.31. The minimum Gasteiger partial charge on any atom is -0.308 e. The fourth-order valence-corrected chi connectivity index (χ4v) is 1.66. The molecule has 0 unspecified atom stereocenters. The number of aromatic nitrogens is 2. The zero-order valence-electron chi connectivity index (χ0n) is 7.25. The van der Waals surface area contributed by atoms with Crippen LogP contribution in [0, 0.1) is 0 Å². The molecule has 1 aliphatic rings. The van der Waals surface area contributed by atoms with Gasteiger partial charge in [-0.05, 0) is 6.42 Å². The Morgan fingerprint density at radius 2 is 2.33 bits per heavy atom. The van der Waals surface area contributed by atoms with Gasteiger partial charge in [0.1, 0.15) is 0 Å². The van der Waals surface area contributed by atoms with Gasteiger partial charge in [0, 0.05) is 25.4 Å². The van der Waals surface area contributed by atoms with Crippen LogP contribution in [-0.4, -0.2) is 16.5 Å². The average Bonchev–Trinajstić information content (AvgIpc) is 2.17. The van der Waals surface area contributed by atoms with E-state index in [4.69, 9.17) is 0 Å². The number of fused-ring (bicyclic) bond motifs is 1. The highest BCUT2D eigenvalue weighted by Crippen LogP contribution is 2.20. The molecule has 0 amide bonds. The maximum Gasteiger partial charge on any atom is 0.0788 e. The molecule has 1 aromatic rings. The highest BCUT2D eigenvalue weighted by Gasteiger charge is 2.19. The topological polar surface area (TPSA) is 37.8 Å². The van der Waals surface area contributed by atoms with Gasteiger partial charge < -0.3 is 5.32 Å². The maximum absolute atomic E-state index is 4.35. The number of hydrogen-bond acceptors (Lipinski definition) is 3. The Bertz CT molecular complexity index is 272. The molecule has 0 saturated heterocycles. The van der Waals surface area contributed by atoms with Crippen molar-refractivity contribution in [2.24, 2.45) is 0 Å². The summed E-state index contributed by atoms with van der Waals surface area (Å²) in [4.78, 5) is 8.66. The second kappa shape index (κ2) is 3.19. The van der Waals surface area contributed by atoms with Gasteiger partial charge >= 0.3 is 0 Å². The molecule has 0 aliphatic carbocycles. The van der Waals surface area contributed by atoms with Crippen LogP contribution in [0.1, 0.15) is 30.8 Å². The van der Waals surface area contributed by atoms with Crippen LogP contribution >= 0.6 is 0 Å². The third-order valence-corrected chi connectivity index (χ3v) is 2.30. The molecule has 0 bridgehead atoms. The van der Waals surface area contributed by atoms with Crippen molar-refractivity contribution in [3.05, 3.63) is 23.8 Å². The lowest BCUT2D eigenvalue weighted by atomic mass is 10.0. The Labute approximate surface area is 72.2 Å². The van der Waals surface area contributed by atoms with Gasteiger partial charge in [0.2, 0.25) is 0 Å². The molecule has 2 heterocycles. The van der Waals surface area contributed by atoms with E-state index in [9.17, 15) is 0 Å². The summed E-state index contributed by atoms with van der Waals surface area (Å²) in [7, 11) is 0. The highest BCUT2D eigenvalue weighted by molar-refractivity contribution is 5.18. The van der Waals surface area contributed by atoms with E-state index in [1.165, 1.54) is 5.69 Å². The zero-order valence-corrected chi connectivity index (χ0v) is 7.25. The summed E-state index contributed by atoms with van der Waals surface area (Å²) in [5, 5.41) is 3.42. The van der Waals surface area contributed by atoms with Crippen molar-refractivity contribution in [1.29, 1.82) is 0 Å². The van der Waals surface area contributed by atoms with Crippen molar-refractivity contribution in [3.63, 3.8) is 0 Å². The Balaban J connectivity index is 2.37. The zero-order chi connectivity index (χ0) is 8.39. The van der Waals surface area contributed by atoms with E-state index < -0.39 is 0 Å². The SMILES string of the molecule is CC[C@@H]1NCCc2nccnc21.